The van der Waals surface area contributed by atoms with Gasteiger partial charge in [-0.05, 0) is 46.4 Å². The molecule has 6 heteroatoms. The molecule has 5 aromatic carbocycles. The molecule has 0 saturated carbocycles. The third-order valence-electron chi connectivity index (χ3n) is 10.4. The Balaban J connectivity index is 1.16. The third-order valence-corrected chi connectivity index (χ3v) is 11.4. The number of aromatic nitrogens is 4. The average molecular weight is 851 g/mol. The van der Waals surface area contributed by atoms with Crippen LogP contribution in [0, 0.1) is 3.80 Å². The van der Waals surface area contributed by atoms with E-state index in [9.17, 15) is 0 Å². The number of nitrogens with zero attached hydrogens (tertiary/aromatic N) is 4. The maximum atomic E-state index is 8.33. The molecule has 1 aliphatic carbocycles. The first-order valence-corrected chi connectivity index (χ1v) is 18.7. The topological polar surface area (TPSA) is 36.9 Å². The zero-order valence-corrected chi connectivity index (χ0v) is 31.1. The first-order chi connectivity index (χ1) is 26.0. The van der Waals surface area contributed by atoms with Crippen molar-refractivity contribution in [2.75, 3.05) is 0 Å². The second-order valence-corrected chi connectivity index (χ2v) is 15.6. The zero-order valence-electron chi connectivity index (χ0n) is 31.8. The summed E-state index contributed by atoms with van der Waals surface area (Å²) in [4.78, 5) is 4.90. The molecule has 1 atom stereocenters. The fraction of sp³-hybridized carbons (Fsp3) is 0.200. The minimum atomic E-state index is -2.29. The summed E-state index contributed by atoms with van der Waals surface area (Å²) >= 11 is 2.19. The van der Waals surface area contributed by atoms with Crippen molar-refractivity contribution in [2.45, 2.75) is 51.5 Å². The summed E-state index contributed by atoms with van der Waals surface area (Å²) in [5.41, 5.74) is 9.69. The molecule has 0 N–H and O–H groups in total. The minimum absolute atomic E-state index is 0.0247. The van der Waals surface area contributed by atoms with Crippen LogP contribution in [0.25, 0.3) is 49.8 Å². The molecule has 1 unspecified atom stereocenters. The van der Waals surface area contributed by atoms with Gasteiger partial charge in [0.2, 0.25) is 0 Å². The number of para-hydroxylation sites is 2. The van der Waals surface area contributed by atoms with Gasteiger partial charge in [-0.25, -0.2) is 4.98 Å². The zero-order chi connectivity index (χ0) is 37.4. The summed E-state index contributed by atoms with van der Waals surface area (Å²) in [5, 5.41) is 2.28. The molecule has 5 nitrogen and oxygen atoms in total. The summed E-state index contributed by atoms with van der Waals surface area (Å²) < 4.78 is 38.4. The van der Waals surface area contributed by atoms with Gasteiger partial charge >= 0.3 is 200 Å². The second kappa shape index (κ2) is 12.4. The van der Waals surface area contributed by atoms with Crippen molar-refractivity contribution in [3.63, 3.8) is 0 Å². The van der Waals surface area contributed by atoms with E-state index >= 15 is 0 Å². The Morgan fingerprint density at radius 2 is 1.53 bits per heavy atom. The van der Waals surface area contributed by atoms with E-state index in [1.54, 1.807) is 0 Å². The Kier molecular flexibility index (Phi) is 6.95. The molecule has 3 heterocycles. The Labute approximate surface area is 313 Å². The van der Waals surface area contributed by atoms with Gasteiger partial charge in [0.1, 0.15) is 0 Å². The fourth-order valence-electron chi connectivity index (χ4n) is 7.78. The van der Waals surface area contributed by atoms with Crippen LogP contribution in [0.3, 0.4) is 0 Å². The Hall–Kier alpha value is -4.99. The molecule has 9 rings (SSSR count). The summed E-state index contributed by atoms with van der Waals surface area (Å²) in [6.07, 6.45) is 4.81. The molecule has 0 aliphatic heterocycles. The maximum absolute atomic E-state index is 8.33. The van der Waals surface area contributed by atoms with Crippen molar-refractivity contribution >= 4 is 32.8 Å². The molecule has 3 aromatic heterocycles. The van der Waals surface area contributed by atoms with Gasteiger partial charge in [-0.1, -0.05) is 57.2 Å². The van der Waals surface area contributed by atoms with Crippen LogP contribution >= 0.6 is 0 Å². The molecule has 8 aromatic rings. The number of benzene rings is 5. The van der Waals surface area contributed by atoms with Crippen molar-refractivity contribution in [1.82, 2.24) is 18.7 Å². The van der Waals surface area contributed by atoms with Crippen molar-refractivity contribution in [2.24, 2.45) is 6.98 Å². The Morgan fingerprint density at radius 3 is 2.35 bits per heavy atom. The number of hydrogen-bond acceptors (Lipinski definition) is 2. The molecule has 0 spiro atoms. The number of rotatable bonds is 5. The van der Waals surface area contributed by atoms with Gasteiger partial charge in [0.25, 0.3) is 0 Å². The Bertz CT molecular complexity index is 2790. The number of imidazole rings is 1. The van der Waals surface area contributed by atoms with E-state index < -0.39 is 6.98 Å². The fourth-order valence-corrected chi connectivity index (χ4v) is 8.69. The van der Waals surface area contributed by atoms with E-state index in [0.29, 0.717) is 9.32 Å². The number of hydrogen-bond donors (Lipinski definition) is 0. The van der Waals surface area contributed by atoms with Crippen molar-refractivity contribution in [3.8, 4) is 28.4 Å². The molecule has 256 valence electrons. The first kappa shape index (κ1) is 28.7. The quantitative estimate of drug-likeness (QED) is 0.173. The standard InChI is InChI=1S/C45H40N4O.Pt/c1-45(2,3)33-23-24-46-44(26-33)49-40-22-18-32(30-11-6-5-7-12-30)25-38(40)36-21-20-35(28-43(36)49)50-34-19-17-31-13-10-16-39(37(31)27-34)48-29-47(4)41-14-8-9-15-42(41)48;/h5-9,11-12,14-15,17-28,39H,10,13,16H2,1-4H3;/i4D3;. The van der Waals surface area contributed by atoms with E-state index in [1.165, 1.54) is 26.8 Å². The molecule has 0 saturated heterocycles. The predicted molar refractivity (Wildman–Crippen MR) is 204 cm³/mol. The number of pyridine rings is 1. The summed E-state index contributed by atoms with van der Waals surface area (Å²) in [7, 11) is 0. The van der Waals surface area contributed by atoms with E-state index in [1.807, 2.05) is 36.5 Å². The van der Waals surface area contributed by atoms with Gasteiger partial charge in [0.05, 0.1) is 0 Å². The van der Waals surface area contributed by atoms with Crippen LogP contribution in [0.4, 0.5) is 0 Å². The van der Waals surface area contributed by atoms with E-state index in [2.05, 4.69) is 140 Å². The van der Waals surface area contributed by atoms with E-state index in [4.69, 9.17) is 13.8 Å². The SMILES string of the molecule is [2H]C([2H])([2H])n1[c](=[Pt])n(C2CCCc3ccc(Oc4ccc5c6cc(-c7ccccc7)ccc6n(-c6cc(C(C)(C)C)ccn6)c5c4)cc32)c2ccccc21. The van der Waals surface area contributed by atoms with Crippen molar-refractivity contribution < 1.29 is 28.2 Å². The summed E-state index contributed by atoms with van der Waals surface area (Å²) in [6.45, 7) is 4.39. The molecule has 0 amide bonds. The predicted octanol–water partition coefficient (Wildman–Crippen LogP) is 11.2. The summed E-state index contributed by atoms with van der Waals surface area (Å²) in [6, 6.07) is 42.0. The van der Waals surface area contributed by atoms with Crippen molar-refractivity contribution in [3.05, 3.63) is 148 Å². The molecule has 0 bridgehead atoms. The van der Waals surface area contributed by atoms with Gasteiger partial charge in [0.15, 0.2) is 0 Å². The monoisotopic (exact) mass is 850 g/mol. The average Bonchev–Trinajstić information content (AvgIpc) is 3.65. The molecule has 0 fully saturated rings. The summed E-state index contributed by atoms with van der Waals surface area (Å²) in [5.74, 6) is 2.35. The van der Waals surface area contributed by atoms with Gasteiger partial charge in [-0.2, -0.15) is 0 Å². The molecule has 1 aliphatic rings. The number of ether oxygens (including phenoxy) is 1. The number of aryl methyl sites for hydroxylation is 2. The molecular formula is C45H40N4OPt. The van der Waals surface area contributed by atoms with Crippen LogP contribution < -0.4 is 4.74 Å². The molecule has 51 heavy (non-hydrogen) atoms. The van der Waals surface area contributed by atoms with E-state index in [-0.39, 0.29) is 11.5 Å². The number of fused-ring (bicyclic) bond motifs is 5. The third kappa shape index (κ3) is 5.50. The second-order valence-electron chi connectivity index (χ2n) is 14.6. The van der Waals surface area contributed by atoms with Crippen LogP contribution in [-0.4, -0.2) is 18.7 Å². The van der Waals surface area contributed by atoms with Gasteiger partial charge in [-0.3, -0.25) is 0 Å². The van der Waals surface area contributed by atoms with Crippen LogP contribution in [-0.2, 0) is 38.2 Å². The van der Waals surface area contributed by atoms with Gasteiger partial charge in [-0.15, -0.1) is 0 Å². The van der Waals surface area contributed by atoms with Gasteiger partial charge < -0.3 is 0 Å². The van der Waals surface area contributed by atoms with Crippen LogP contribution in [0.5, 0.6) is 11.5 Å². The Morgan fingerprint density at radius 1 is 0.745 bits per heavy atom. The van der Waals surface area contributed by atoms with E-state index in [0.717, 1.165) is 69.5 Å². The van der Waals surface area contributed by atoms with Gasteiger partial charge in [0, 0.05) is 6.20 Å². The van der Waals surface area contributed by atoms with Crippen LogP contribution in [0.2, 0.25) is 0 Å². The normalized spacial score (nSPS) is 15.9. The molecular weight excluding hydrogens is 808 g/mol. The van der Waals surface area contributed by atoms with Crippen LogP contribution in [0.1, 0.15) is 60.5 Å². The molecule has 0 radical (unpaired) electrons. The van der Waals surface area contributed by atoms with Crippen molar-refractivity contribution in [1.29, 1.82) is 0 Å². The van der Waals surface area contributed by atoms with Crippen LogP contribution in [0.15, 0.2) is 128 Å². The first-order valence-electron chi connectivity index (χ1n) is 19.0.